The maximum absolute atomic E-state index is 12.4. The molecule has 1 heterocycles. The first-order valence-corrected chi connectivity index (χ1v) is 8.78. The third-order valence-electron chi connectivity index (χ3n) is 5.58. The smallest absolute Gasteiger partial charge is 0.242 e. The number of aliphatic hydroxyl groups is 1. The molecule has 20 heavy (non-hydrogen) atoms. The van der Waals surface area contributed by atoms with E-state index < -0.39 is 10.0 Å². The van der Waals surface area contributed by atoms with Gasteiger partial charge in [0.05, 0.1) is 11.5 Å². The predicted octanol–water partition coefficient (Wildman–Crippen LogP) is 0.840. The van der Waals surface area contributed by atoms with E-state index in [9.17, 15) is 8.42 Å². The summed E-state index contributed by atoms with van der Waals surface area (Å²) in [5.74, 6) is 2.68. The molecule has 0 amide bonds. The van der Waals surface area contributed by atoms with Crippen molar-refractivity contribution >= 4 is 10.0 Å². The average molecular weight is 296 g/mol. The Balaban J connectivity index is 1.53. The van der Waals surface area contributed by atoms with Crippen molar-refractivity contribution in [1.82, 2.24) is 9.29 Å². The van der Waals surface area contributed by atoms with E-state index in [1.807, 2.05) is 0 Å². The zero-order valence-electron chi connectivity index (χ0n) is 11.5. The van der Waals surface area contributed by atoms with Crippen LogP contribution in [0.1, 0.15) is 25.0 Å². The first kappa shape index (κ1) is 12.9. The molecule has 0 radical (unpaired) electrons. The van der Waals surface area contributed by atoms with Gasteiger partial charge in [-0.05, 0) is 49.0 Å². The van der Waals surface area contributed by atoms with Crippen molar-refractivity contribution in [3.63, 3.8) is 0 Å². The van der Waals surface area contributed by atoms with Crippen LogP contribution < -0.4 is 4.72 Å². The Morgan fingerprint density at radius 1 is 1.35 bits per heavy atom. The summed E-state index contributed by atoms with van der Waals surface area (Å²) in [5, 5.41) is 9.16. The van der Waals surface area contributed by atoms with E-state index in [4.69, 9.17) is 5.11 Å². The molecule has 3 fully saturated rings. The van der Waals surface area contributed by atoms with Gasteiger partial charge >= 0.3 is 0 Å². The topological polar surface area (TPSA) is 71.3 Å². The molecule has 0 spiro atoms. The van der Waals surface area contributed by atoms with Gasteiger partial charge in [-0.1, -0.05) is 0 Å². The van der Waals surface area contributed by atoms with E-state index in [0.717, 1.165) is 11.8 Å². The second-order valence-electron chi connectivity index (χ2n) is 6.57. The van der Waals surface area contributed by atoms with Crippen LogP contribution in [0.4, 0.5) is 0 Å². The van der Waals surface area contributed by atoms with Crippen LogP contribution in [0.15, 0.2) is 17.2 Å². The average Bonchev–Trinajstić information content (AvgIpc) is 2.81. The maximum atomic E-state index is 12.4. The van der Waals surface area contributed by atoms with Crippen LogP contribution in [-0.4, -0.2) is 24.1 Å². The molecule has 1 aromatic heterocycles. The van der Waals surface area contributed by atoms with Crippen molar-refractivity contribution in [2.24, 2.45) is 30.7 Å². The Morgan fingerprint density at radius 2 is 2.00 bits per heavy atom. The van der Waals surface area contributed by atoms with E-state index in [1.165, 1.54) is 19.3 Å². The second kappa shape index (κ2) is 4.08. The van der Waals surface area contributed by atoms with Gasteiger partial charge in [0.2, 0.25) is 10.0 Å². The summed E-state index contributed by atoms with van der Waals surface area (Å²) in [6, 6.07) is 1.71. The second-order valence-corrected chi connectivity index (χ2v) is 8.29. The van der Waals surface area contributed by atoms with Gasteiger partial charge in [0.15, 0.2) is 0 Å². The Morgan fingerprint density at radius 3 is 2.55 bits per heavy atom. The lowest BCUT2D eigenvalue weighted by Gasteiger charge is -2.10. The molecule has 4 unspecified atom stereocenters. The number of aryl methyl sites for hydroxylation is 1. The van der Waals surface area contributed by atoms with Crippen molar-refractivity contribution in [2.75, 3.05) is 0 Å². The van der Waals surface area contributed by atoms with E-state index in [1.54, 1.807) is 23.9 Å². The number of sulfonamides is 1. The molecule has 0 saturated heterocycles. The number of aromatic nitrogens is 1. The van der Waals surface area contributed by atoms with E-state index in [2.05, 4.69) is 4.72 Å². The SMILES string of the molecule is Cn1cc(S(=O)(=O)NC2C3C4CCC(C4)C23)cc1CO. The molecule has 0 aliphatic heterocycles. The van der Waals surface area contributed by atoms with Crippen molar-refractivity contribution in [1.29, 1.82) is 0 Å². The van der Waals surface area contributed by atoms with E-state index >= 15 is 0 Å². The lowest BCUT2D eigenvalue weighted by Crippen LogP contribution is -2.29. The van der Waals surface area contributed by atoms with Crippen LogP contribution in [0.5, 0.6) is 0 Å². The normalized spacial score (nSPS) is 38.2. The van der Waals surface area contributed by atoms with E-state index in [-0.39, 0.29) is 17.5 Å². The fourth-order valence-corrected chi connectivity index (χ4v) is 6.01. The predicted molar refractivity (Wildman–Crippen MR) is 73.3 cm³/mol. The molecule has 2 N–H and O–H groups in total. The van der Waals surface area contributed by atoms with Gasteiger partial charge in [-0.25, -0.2) is 13.1 Å². The lowest BCUT2D eigenvalue weighted by molar-refractivity contribution is 0.272. The monoisotopic (exact) mass is 296 g/mol. The molecule has 2 bridgehead atoms. The van der Waals surface area contributed by atoms with Gasteiger partial charge in [0, 0.05) is 25.0 Å². The Labute approximate surface area is 119 Å². The van der Waals surface area contributed by atoms with Crippen molar-refractivity contribution in [3.8, 4) is 0 Å². The van der Waals surface area contributed by atoms with Crippen LogP contribution in [0.25, 0.3) is 0 Å². The molecule has 110 valence electrons. The van der Waals surface area contributed by atoms with Gasteiger partial charge in [0.1, 0.15) is 0 Å². The molecule has 3 saturated carbocycles. The minimum absolute atomic E-state index is 0.148. The largest absolute Gasteiger partial charge is 0.390 e. The van der Waals surface area contributed by atoms with Gasteiger partial charge in [-0.3, -0.25) is 0 Å². The minimum atomic E-state index is -3.45. The van der Waals surface area contributed by atoms with Crippen molar-refractivity contribution in [3.05, 3.63) is 18.0 Å². The van der Waals surface area contributed by atoms with Gasteiger partial charge in [-0.15, -0.1) is 0 Å². The third-order valence-corrected chi connectivity index (χ3v) is 7.01. The molecular weight excluding hydrogens is 276 g/mol. The Bertz CT molecular complexity index is 635. The van der Waals surface area contributed by atoms with Crippen molar-refractivity contribution in [2.45, 2.75) is 36.8 Å². The molecule has 4 rings (SSSR count). The maximum Gasteiger partial charge on any atom is 0.242 e. The zero-order chi connectivity index (χ0) is 14.1. The highest BCUT2D eigenvalue weighted by Gasteiger charge is 2.65. The highest BCUT2D eigenvalue weighted by atomic mass is 32.2. The summed E-state index contributed by atoms with van der Waals surface area (Å²) in [7, 11) is -1.71. The Kier molecular flexibility index (Phi) is 2.63. The van der Waals surface area contributed by atoms with Crippen LogP contribution in [0.3, 0.4) is 0 Å². The molecule has 5 nitrogen and oxygen atoms in total. The molecule has 1 aromatic rings. The number of hydrogen-bond acceptors (Lipinski definition) is 3. The summed E-state index contributed by atoms with van der Waals surface area (Å²) in [6.07, 6.45) is 5.45. The summed E-state index contributed by atoms with van der Waals surface area (Å²) in [6.45, 7) is -0.148. The quantitative estimate of drug-likeness (QED) is 0.865. The molecule has 0 aromatic carbocycles. The molecule has 4 atom stereocenters. The summed E-state index contributed by atoms with van der Waals surface area (Å²) >= 11 is 0. The molecule has 6 heteroatoms. The standard InChI is InChI=1S/C14H20N2O3S/c1-16-6-11(5-10(16)7-17)20(18,19)15-14-12-8-2-3-9(4-8)13(12)14/h5-6,8-9,12-15,17H,2-4,7H2,1H3. The zero-order valence-corrected chi connectivity index (χ0v) is 12.3. The number of nitrogens with zero attached hydrogens (tertiary/aromatic N) is 1. The van der Waals surface area contributed by atoms with Gasteiger partial charge in [-0.2, -0.15) is 0 Å². The number of fused-ring (bicyclic) bond motifs is 5. The van der Waals surface area contributed by atoms with Crippen molar-refractivity contribution < 1.29 is 13.5 Å². The molecular formula is C14H20N2O3S. The third kappa shape index (κ3) is 1.71. The first-order chi connectivity index (χ1) is 9.51. The highest BCUT2D eigenvalue weighted by molar-refractivity contribution is 7.89. The molecule has 3 aliphatic carbocycles. The van der Waals surface area contributed by atoms with Gasteiger partial charge in [0.25, 0.3) is 0 Å². The lowest BCUT2D eigenvalue weighted by atomic mass is 10.0. The van der Waals surface area contributed by atoms with Crippen LogP contribution in [-0.2, 0) is 23.7 Å². The number of nitrogens with one attached hydrogen (secondary N) is 1. The van der Waals surface area contributed by atoms with Crippen LogP contribution in [0.2, 0.25) is 0 Å². The van der Waals surface area contributed by atoms with E-state index in [0.29, 0.717) is 17.5 Å². The Hall–Kier alpha value is -0.850. The first-order valence-electron chi connectivity index (χ1n) is 7.29. The van der Waals surface area contributed by atoms with Gasteiger partial charge < -0.3 is 9.67 Å². The van der Waals surface area contributed by atoms with Crippen LogP contribution in [0, 0.1) is 23.7 Å². The number of hydrogen-bond donors (Lipinski definition) is 2. The summed E-state index contributed by atoms with van der Waals surface area (Å²) in [5.41, 5.74) is 0.612. The molecule has 3 aliphatic rings. The highest BCUT2D eigenvalue weighted by Crippen LogP contribution is 2.65. The fraction of sp³-hybridized carbons (Fsp3) is 0.714. The minimum Gasteiger partial charge on any atom is -0.390 e. The fourth-order valence-electron chi connectivity index (χ4n) is 4.61. The number of aliphatic hydroxyl groups excluding tert-OH is 1. The summed E-state index contributed by atoms with van der Waals surface area (Å²) < 4.78 is 29.4. The summed E-state index contributed by atoms with van der Waals surface area (Å²) in [4.78, 5) is 0.265. The number of rotatable bonds is 4. The van der Waals surface area contributed by atoms with Crippen LogP contribution >= 0.6 is 0 Å².